The van der Waals surface area contributed by atoms with Crippen molar-refractivity contribution in [2.75, 3.05) is 32.9 Å². The smallest absolute Gasteiger partial charge is 0.270 e. The van der Waals surface area contributed by atoms with E-state index in [2.05, 4.69) is 4.98 Å². The van der Waals surface area contributed by atoms with Gasteiger partial charge >= 0.3 is 0 Å². The zero-order valence-corrected chi connectivity index (χ0v) is 12.5. The maximum Gasteiger partial charge on any atom is 0.270 e. The molecule has 21 heavy (non-hydrogen) atoms. The lowest BCUT2D eigenvalue weighted by atomic mass is 10.2. The van der Waals surface area contributed by atoms with Gasteiger partial charge in [0.2, 0.25) is 5.91 Å². The number of rotatable bonds is 4. The molecule has 0 aliphatic heterocycles. The van der Waals surface area contributed by atoms with Gasteiger partial charge in [-0.15, -0.1) is 0 Å². The number of nitrogens with two attached hydrogens (primary N) is 1. The topological polar surface area (TPSA) is 82.4 Å². The molecular formula is C15H20N4O2. The molecule has 3 N–H and O–H groups in total. The number of likely N-dealkylation sites (N-methyl/N-ethyl adjacent to an activating group) is 2. The Balaban J connectivity index is 2.27. The number of hydrogen-bond acceptors (Lipinski definition) is 3. The maximum absolute atomic E-state index is 12.5. The number of H-pyrrole nitrogens is 1. The predicted molar refractivity (Wildman–Crippen MR) is 83.0 cm³/mol. The lowest BCUT2D eigenvalue weighted by Crippen LogP contribution is -2.40. The van der Waals surface area contributed by atoms with Crippen molar-refractivity contribution in [3.63, 3.8) is 0 Å². The molecule has 1 heterocycles. The summed E-state index contributed by atoms with van der Waals surface area (Å²) in [6.07, 6.45) is 0. The lowest BCUT2D eigenvalue weighted by molar-refractivity contribution is -0.129. The molecule has 0 spiro atoms. The van der Waals surface area contributed by atoms with E-state index in [-0.39, 0.29) is 18.4 Å². The molecule has 2 amide bonds. The minimum Gasteiger partial charge on any atom is -0.397 e. The van der Waals surface area contributed by atoms with Gasteiger partial charge in [0.1, 0.15) is 12.2 Å². The van der Waals surface area contributed by atoms with Crippen LogP contribution in [-0.4, -0.2) is 53.8 Å². The Bertz CT molecular complexity index is 675. The Morgan fingerprint density at radius 1 is 1.29 bits per heavy atom. The molecule has 2 aromatic rings. The van der Waals surface area contributed by atoms with Crippen LogP contribution in [0.25, 0.3) is 10.9 Å². The standard InChI is InChI=1S/C15H20N4O2/c1-4-19(9-13(20)18(2)3)15(21)12-8-10-6-5-7-11(16)14(10)17-12/h5-8,17H,4,9,16H2,1-3H3. The molecule has 0 saturated heterocycles. The van der Waals surface area contributed by atoms with E-state index in [0.717, 1.165) is 10.9 Å². The second-order valence-corrected chi connectivity index (χ2v) is 5.10. The quantitative estimate of drug-likeness (QED) is 0.832. The minimum absolute atomic E-state index is 0.0627. The van der Waals surface area contributed by atoms with Gasteiger partial charge in [-0.2, -0.15) is 0 Å². The zero-order chi connectivity index (χ0) is 15.6. The Hall–Kier alpha value is -2.50. The summed E-state index contributed by atoms with van der Waals surface area (Å²) in [6.45, 7) is 2.37. The second kappa shape index (κ2) is 5.87. The third kappa shape index (κ3) is 2.99. The number of anilines is 1. The summed E-state index contributed by atoms with van der Waals surface area (Å²) in [5.74, 6) is -0.316. The van der Waals surface area contributed by atoms with Crippen molar-refractivity contribution < 1.29 is 9.59 Å². The summed E-state index contributed by atoms with van der Waals surface area (Å²) < 4.78 is 0. The van der Waals surface area contributed by atoms with Gasteiger partial charge in [0.05, 0.1) is 11.2 Å². The summed E-state index contributed by atoms with van der Waals surface area (Å²) in [5, 5.41) is 0.883. The van der Waals surface area contributed by atoms with Gasteiger partial charge in [-0.25, -0.2) is 0 Å². The van der Waals surface area contributed by atoms with Gasteiger partial charge < -0.3 is 20.5 Å². The average molecular weight is 288 g/mol. The molecular weight excluding hydrogens is 268 g/mol. The van der Waals surface area contributed by atoms with Crippen LogP contribution in [0.4, 0.5) is 5.69 Å². The van der Waals surface area contributed by atoms with Crippen molar-refractivity contribution in [2.24, 2.45) is 0 Å². The number of amides is 2. The Morgan fingerprint density at radius 3 is 2.57 bits per heavy atom. The number of benzene rings is 1. The molecule has 0 saturated carbocycles. The Labute approximate surface area is 123 Å². The Morgan fingerprint density at radius 2 is 2.00 bits per heavy atom. The first kappa shape index (κ1) is 14.9. The van der Waals surface area contributed by atoms with Crippen molar-refractivity contribution in [1.29, 1.82) is 0 Å². The first-order valence-electron chi connectivity index (χ1n) is 6.80. The predicted octanol–water partition coefficient (Wildman–Crippen LogP) is 1.30. The molecule has 6 heteroatoms. The summed E-state index contributed by atoms with van der Waals surface area (Å²) in [7, 11) is 3.34. The molecule has 0 bridgehead atoms. The summed E-state index contributed by atoms with van der Waals surface area (Å²) in [6, 6.07) is 7.27. The normalized spacial score (nSPS) is 10.6. The number of aromatic nitrogens is 1. The summed E-state index contributed by atoms with van der Waals surface area (Å²) in [5.41, 5.74) is 7.67. The van der Waals surface area contributed by atoms with Crippen molar-refractivity contribution in [3.8, 4) is 0 Å². The monoisotopic (exact) mass is 288 g/mol. The number of aromatic amines is 1. The maximum atomic E-state index is 12.5. The summed E-state index contributed by atoms with van der Waals surface area (Å²) in [4.78, 5) is 30.3. The largest absolute Gasteiger partial charge is 0.397 e. The SMILES string of the molecule is CCN(CC(=O)N(C)C)C(=O)c1cc2cccc(N)c2[nH]1. The van der Waals surface area contributed by atoms with Gasteiger partial charge in [-0.05, 0) is 19.1 Å². The van der Waals surface area contributed by atoms with Crippen LogP contribution < -0.4 is 5.73 Å². The van der Waals surface area contributed by atoms with Crippen LogP contribution in [-0.2, 0) is 4.79 Å². The fraction of sp³-hybridized carbons (Fsp3) is 0.333. The number of para-hydroxylation sites is 1. The molecule has 0 aliphatic rings. The molecule has 0 atom stereocenters. The highest BCUT2D eigenvalue weighted by atomic mass is 16.2. The van der Waals surface area contributed by atoms with E-state index in [0.29, 0.717) is 17.9 Å². The number of nitrogen functional groups attached to an aromatic ring is 1. The number of hydrogen-bond donors (Lipinski definition) is 2. The molecule has 0 aliphatic carbocycles. The van der Waals surface area contributed by atoms with Crippen LogP contribution in [0.5, 0.6) is 0 Å². The number of fused-ring (bicyclic) bond motifs is 1. The number of nitrogens with one attached hydrogen (secondary N) is 1. The van der Waals surface area contributed by atoms with Gasteiger partial charge in [0.25, 0.3) is 5.91 Å². The molecule has 1 aromatic carbocycles. The fourth-order valence-corrected chi connectivity index (χ4v) is 2.10. The van der Waals surface area contributed by atoms with Crippen LogP contribution in [0.3, 0.4) is 0 Å². The van der Waals surface area contributed by atoms with Crippen LogP contribution in [0.2, 0.25) is 0 Å². The highest BCUT2D eigenvalue weighted by Crippen LogP contribution is 2.21. The van der Waals surface area contributed by atoms with Crippen LogP contribution in [0.1, 0.15) is 17.4 Å². The van der Waals surface area contributed by atoms with E-state index in [1.54, 1.807) is 26.2 Å². The number of carbonyl (C=O) groups is 2. The van der Waals surface area contributed by atoms with E-state index in [4.69, 9.17) is 5.73 Å². The van der Waals surface area contributed by atoms with Gasteiger partial charge in [0.15, 0.2) is 0 Å². The van der Waals surface area contributed by atoms with Gasteiger partial charge in [0, 0.05) is 26.0 Å². The van der Waals surface area contributed by atoms with Crippen molar-refractivity contribution in [3.05, 3.63) is 30.0 Å². The third-order valence-electron chi connectivity index (χ3n) is 3.41. The molecule has 6 nitrogen and oxygen atoms in total. The molecule has 1 aromatic heterocycles. The highest BCUT2D eigenvalue weighted by molar-refractivity contribution is 6.01. The van der Waals surface area contributed by atoms with E-state index in [9.17, 15) is 9.59 Å². The molecule has 2 rings (SSSR count). The lowest BCUT2D eigenvalue weighted by Gasteiger charge is -2.21. The number of nitrogens with zero attached hydrogens (tertiary/aromatic N) is 2. The average Bonchev–Trinajstić information content (AvgIpc) is 2.89. The van der Waals surface area contributed by atoms with Gasteiger partial charge in [-0.3, -0.25) is 9.59 Å². The number of carbonyl (C=O) groups excluding carboxylic acids is 2. The Kier molecular flexibility index (Phi) is 4.16. The zero-order valence-electron chi connectivity index (χ0n) is 12.5. The van der Waals surface area contributed by atoms with E-state index < -0.39 is 0 Å². The first-order chi connectivity index (χ1) is 9.93. The van der Waals surface area contributed by atoms with Crippen LogP contribution in [0, 0.1) is 0 Å². The minimum atomic E-state index is -0.205. The molecule has 112 valence electrons. The third-order valence-corrected chi connectivity index (χ3v) is 3.41. The molecule has 0 fully saturated rings. The van der Waals surface area contributed by atoms with Gasteiger partial charge in [-0.1, -0.05) is 12.1 Å². The molecule has 0 unspecified atom stereocenters. The van der Waals surface area contributed by atoms with Crippen molar-refractivity contribution in [2.45, 2.75) is 6.92 Å². The second-order valence-electron chi connectivity index (χ2n) is 5.10. The van der Waals surface area contributed by atoms with Crippen molar-refractivity contribution >= 4 is 28.4 Å². The van der Waals surface area contributed by atoms with E-state index in [1.165, 1.54) is 9.80 Å². The first-order valence-corrected chi connectivity index (χ1v) is 6.80. The highest BCUT2D eigenvalue weighted by Gasteiger charge is 2.20. The van der Waals surface area contributed by atoms with E-state index >= 15 is 0 Å². The summed E-state index contributed by atoms with van der Waals surface area (Å²) >= 11 is 0. The van der Waals surface area contributed by atoms with Crippen LogP contribution >= 0.6 is 0 Å². The molecule has 0 radical (unpaired) electrons. The fourth-order valence-electron chi connectivity index (χ4n) is 2.10. The van der Waals surface area contributed by atoms with E-state index in [1.807, 2.05) is 19.1 Å². The van der Waals surface area contributed by atoms with Crippen LogP contribution in [0.15, 0.2) is 24.3 Å². The van der Waals surface area contributed by atoms with Crippen molar-refractivity contribution in [1.82, 2.24) is 14.8 Å².